The normalized spacial score (nSPS) is 24.5. The largest absolute Gasteiger partial charge is 0.497 e. The van der Waals surface area contributed by atoms with Crippen LogP contribution in [0, 0.1) is 5.92 Å². The van der Waals surface area contributed by atoms with Gasteiger partial charge in [-0.25, -0.2) is 0 Å². The Kier molecular flexibility index (Phi) is 2.95. The third-order valence-electron chi connectivity index (χ3n) is 3.45. The molecule has 0 saturated carbocycles. The Balaban J connectivity index is 2.01. The molecule has 1 N–H and O–H groups in total. The predicted octanol–water partition coefficient (Wildman–Crippen LogP) is 2.32. The van der Waals surface area contributed by atoms with E-state index in [0.717, 1.165) is 16.9 Å². The minimum absolute atomic E-state index is 0.0254. The molecule has 2 bridgehead atoms. The average Bonchev–Trinajstić information content (AvgIpc) is 2.41. The van der Waals surface area contributed by atoms with Gasteiger partial charge in [0.05, 0.1) is 19.1 Å². The van der Waals surface area contributed by atoms with Crippen molar-refractivity contribution in [3.63, 3.8) is 0 Å². The minimum Gasteiger partial charge on any atom is -0.497 e. The van der Waals surface area contributed by atoms with Gasteiger partial charge in [0.2, 0.25) is 5.91 Å². The monoisotopic (exact) mass is 253 g/mol. The fourth-order valence-electron chi connectivity index (χ4n) is 2.42. The van der Waals surface area contributed by atoms with E-state index in [9.17, 15) is 4.79 Å². The molecular weight excluding hydrogens is 238 g/mol. The van der Waals surface area contributed by atoms with Gasteiger partial charge in [0.25, 0.3) is 0 Å². The maximum Gasteiger partial charge on any atom is 0.232 e. The van der Waals surface area contributed by atoms with Gasteiger partial charge in [0.15, 0.2) is 0 Å². The summed E-state index contributed by atoms with van der Waals surface area (Å²) in [5.74, 6) is 0.656. The highest BCUT2D eigenvalue weighted by Crippen LogP contribution is 2.30. The van der Waals surface area contributed by atoms with E-state index in [1.165, 1.54) is 0 Å². The summed E-state index contributed by atoms with van der Waals surface area (Å²) in [6, 6.07) is 7.80. The Morgan fingerprint density at radius 3 is 2.58 bits per heavy atom. The number of hydrogen-bond donors (Lipinski definition) is 1. The van der Waals surface area contributed by atoms with Gasteiger partial charge in [-0.2, -0.15) is 0 Å². The molecule has 3 nitrogen and oxygen atoms in total. The Labute approximate surface area is 112 Å². The molecule has 1 aromatic rings. The van der Waals surface area contributed by atoms with Crippen molar-refractivity contribution >= 4 is 11.5 Å². The number of rotatable bonds is 2. The Bertz CT molecular complexity index is 581. The summed E-state index contributed by atoms with van der Waals surface area (Å²) in [5.41, 5.74) is 2.04. The van der Waals surface area contributed by atoms with Gasteiger partial charge in [0, 0.05) is 0 Å². The van der Waals surface area contributed by atoms with Crippen LogP contribution in [-0.4, -0.2) is 19.1 Å². The van der Waals surface area contributed by atoms with Crippen molar-refractivity contribution in [1.82, 2.24) is 5.32 Å². The van der Waals surface area contributed by atoms with E-state index < -0.39 is 0 Å². The molecule has 19 heavy (non-hydrogen) atoms. The summed E-state index contributed by atoms with van der Waals surface area (Å²) < 4.78 is 5.16. The summed E-state index contributed by atoms with van der Waals surface area (Å²) in [6.45, 7) is 0. The lowest BCUT2D eigenvalue weighted by atomic mass is 9.86. The van der Waals surface area contributed by atoms with Gasteiger partial charge in [-0.1, -0.05) is 42.5 Å². The van der Waals surface area contributed by atoms with Crippen molar-refractivity contribution < 1.29 is 9.53 Å². The number of ether oxygens (including phenoxy) is 1. The third kappa shape index (κ3) is 2.19. The number of carbonyl (C=O) groups is 1. The first-order valence-corrected chi connectivity index (χ1v) is 6.29. The molecule has 2 atom stereocenters. The molecule has 3 heteroatoms. The molecular formula is C16H15NO2. The number of methoxy groups -OCH3 is 1. The molecule has 0 spiro atoms. The van der Waals surface area contributed by atoms with Crippen molar-refractivity contribution in [2.75, 3.05) is 7.11 Å². The lowest BCUT2D eigenvalue weighted by Crippen LogP contribution is -2.40. The van der Waals surface area contributed by atoms with Crippen molar-refractivity contribution in [3.8, 4) is 5.75 Å². The molecule has 0 fully saturated rings. The van der Waals surface area contributed by atoms with Crippen LogP contribution in [0.5, 0.6) is 5.75 Å². The lowest BCUT2D eigenvalue weighted by molar-refractivity contribution is -0.122. The molecule has 4 rings (SSSR count). The molecule has 0 aromatic heterocycles. The molecule has 1 aromatic carbocycles. The van der Waals surface area contributed by atoms with Crippen LogP contribution in [0.2, 0.25) is 0 Å². The maximum absolute atomic E-state index is 12.1. The second-order valence-corrected chi connectivity index (χ2v) is 4.63. The van der Waals surface area contributed by atoms with Gasteiger partial charge in [-0.3, -0.25) is 4.79 Å². The second-order valence-electron chi connectivity index (χ2n) is 4.63. The van der Waals surface area contributed by atoms with E-state index in [1.54, 1.807) is 7.11 Å². The molecule has 0 unspecified atom stereocenters. The van der Waals surface area contributed by atoms with Crippen LogP contribution in [0.1, 0.15) is 5.56 Å². The summed E-state index contributed by atoms with van der Waals surface area (Å²) in [4.78, 5) is 12.1. The van der Waals surface area contributed by atoms with Crippen molar-refractivity contribution in [2.45, 2.75) is 6.04 Å². The molecule has 2 aliphatic heterocycles. The van der Waals surface area contributed by atoms with Crippen LogP contribution in [-0.2, 0) is 4.79 Å². The number of fused-ring (bicyclic) bond motifs is 2. The summed E-state index contributed by atoms with van der Waals surface area (Å²) >= 11 is 0. The molecule has 1 aliphatic carbocycles. The van der Waals surface area contributed by atoms with Crippen LogP contribution in [0.15, 0.2) is 54.6 Å². The fourth-order valence-corrected chi connectivity index (χ4v) is 2.42. The molecule has 2 heterocycles. The zero-order valence-corrected chi connectivity index (χ0v) is 10.7. The van der Waals surface area contributed by atoms with Gasteiger partial charge in [-0.05, 0) is 23.3 Å². The third-order valence-corrected chi connectivity index (χ3v) is 3.45. The van der Waals surface area contributed by atoms with Gasteiger partial charge in [0.1, 0.15) is 5.75 Å². The van der Waals surface area contributed by atoms with Crippen LogP contribution < -0.4 is 10.1 Å². The predicted molar refractivity (Wildman–Crippen MR) is 74.7 cm³/mol. The maximum atomic E-state index is 12.1. The minimum atomic E-state index is -0.213. The zero-order valence-electron chi connectivity index (χ0n) is 10.7. The van der Waals surface area contributed by atoms with Gasteiger partial charge in [-0.15, -0.1) is 0 Å². The van der Waals surface area contributed by atoms with Crippen LogP contribution >= 0.6 is 0 Å². The van der Waals surface area contributed by atoms with Crippen molar-refractivity contribution in [3.05, 3.63) is 60.2 Å². The van der Waals surface area contributed by atoms with E-state index in [1.807, 2.05) is 54.6 Å². The van der Waals surface area contributed by atoms with E-state index in [2.05, 4.69) is 5.32 Å². The highest BCUT2D eigenvalue weighted by molar-refractivity contribution is 5.96. The number of amides is 1. The first kappa shape index (κ1) is 11.8. The number of hydrogen-bond acceptors (Lipinski definition) is 2. The summed E-state index contributed by atoms with van der Waals surface area (Å²) in [7, 11) is 1.64. The number of carbonyl (C=O) groups excluding carboxylic acids is 1. The van der Waals surface area contributed by atoms with Crippen LogP contribution in [0.3, 0.4) is 0 Å². The van der Waals surface area contributed by atoms with Gasteiger partial charge >= 0.3 is 0 Å². The summed E-state index contributed by atoms with van der Waals surface area (Å²) in [5, 5.41) is 2.96. The molecule has 1 amide bonds. The fraction of sp³-hybridized carbons (Fsp3) is 0.188. The van der Waals surface area contributed by atoms with Crippen LogP contribution in [0.4, 0.5) is 0 Å². The SMILES string of the molecule is COc1ccc(C2=CC=C[C@H]3C=C[C@@H]2C(=O)N3)cc1. The van der Waals surface area contributed by atoms with E-state index in [0.29, 0.717) is 0 Å². The average molecular weight is 253 g/mol. The lowest BCUT2D eigenvalue weighted by Gasteiger charge is -2.26. The number of allylic oxidation sites excluding steroid dienone is 2. The zero-order chi connectivity index (χ0) is 13.2. The smallest absolute Gasteiger partial charge is 0.232 e. The molecule has 3 aliphatic rings. The van der Waals surface area contributed by atoms with E-state index >= 15 is 0 Å². The summed E-state index contributed by atoms with van der Waals surface area (Å²) in [6.07, 6.45) is 10.00. The van der Waals surface area contributed by atoms with Crippen molar-refractivity contribution in [1.29, 1.82) is 0 Å². The first-order valence-electron chi connectivity index (χ1n) is 6.29. The van der Waals surface area contributed by atoms with E-state index in [-0.39, 0.29) is 17.9 Å². The second kappa shape index (κ2) is 4.76. The molecule has 0 saturated heterocycles. The quantitative estimate of drug-likeness (QED) is 0.821. The number of nitrogens with one attached hydrogen (secondary N) is 1. The standard InChI is InChI=1S/C16H15NO2/c1-19-13-8-5-11(6-9-13)14-4-2-3-12-7-10-15(14)16(18)17-12/h2-10,12,15H,1H3,(H,17,18)/t12-,15-/m0/s1. The first-order chi connectivity index (χ1) is 9.28. The molecule has 96 valence electrons. The topological polar surface area (TPSA) is 38.3 Å². The van der Waals surface area contributed by atoms with E-state index in [4.69, 9.17) is 4.74 Å². The highest BCUT2D eigenvalue weighted by atomic mass is 16.5. The van der Waals surface area contributed by atoms with Crippen LogP contribution in [0.25, 0.3) is 5.57 Å². The van der Waals surface area contributed by atoms with Gasteiger partial charge < -0.3 is 10.1 Å². The Hall–Kier alpha value is -2.29. The number of benzene rings is 1. The van der Waals surface area contributed by atoms with Crippen molar-refractivity contribution in [2.24, 2.45) is 5.92 Å². The Morgan fingerprint density at radius 2 is 1.89 bits per heavy atom. The highest BCUT2D eigenvalue weighted by Gasteiger charge is 2.27. The Morgan fingerprint density at radius 1 is 1.11 bits per heavy atom. The molecule has 0 radical (unpaired) electrons.